The summed E-state index contributed by atoms with van der Waals surface area (Å²) in [5.74, 6) is -7.92. The average Bonchev–Trinajstić information content (AvgIpc) is 2.62. The number of aliphatic carboxylic acids is 1. The molecule has 0 saturated carbocycles. The van der Waals surface area contributed by atoms with Gasteiger partial charge in [0.1, 0.15) is 18.1 Å². The fourth-order valence-electron chi connectivity index (χ4n) is 2.45. The Morgan fingerprint density at radius 3 is 1.41 bits per heavy atom. The SMILES string of the molecule is CC(C)C(NC(=O)C(CC(N)=O)NC(=O)C(CC(N)=O)NC(=O)C(N)CC(N)=O)C(=O)O. The van der Waals surface area contributed by atoms with E-state index in [2.05, 4.69) is 16.0 Å². The van der Waals surface area contributed by atoms with Crippen LogP contribution in [0.1, 0.15) is 33.1 Å². The van der Waals surface area contributed by atoms with E-state index in [4.69, 9.17) is 22.9 Å². The minimum atomic E-state index is -1.62. The molecule has 32 heavy (non-hydrogen) atoms. The first kappa shape index (κ1) is 28.2. The van der Waals surface area contributed by atoms with Gasteiger partial charge in [0, 0.05) is 0 Å². The van der Waals surface area contributed by atoms with Crippen LogP contribution < -0.4 is 38.9 Å². The lowest BCUT2D eigenvalue weighted by Gasteiger charge is -2.25. The quantitative estimate of drug-likeness (QED) is 0.123. The minimum Gasteiger partial charge on any atom is -0.480 e. The molecule has 0 aliphatic rings. The maximum Gasteiger partial charge on any atom is 0.326 e. The van der Waals surface area contributed by atoms with Crippen molar-refractivity contribution >= 4 is 41.4 Å². The highest BCUT2D eigenvalue weighted by molar-refractivity contribution is 5.98. The van der Waals surface area contributed by atoms with E-state index in [-0.39, 0.29) is 0 Å². The third-order valence-corrected chi connectivity index (χ3v) is 4.06. The topological polar surface area (TPSA) is 280 Å². The summed E-state index contributed by atoms with van der Waals surface area (Å²) < 4.78 is 0. The molecule has 0 aromatic carbocycles. The van der Waals surface area contributed by atoms with E-state index in [1.165, 1.54) is 13.8 Å². The molecule has 180 valence electrons. The summed E-state index contributed by atoms with van der Waals surface area (Å²) in [5, 5.41) is 15.6. The zero-order valence-electron chi connectivity index (χ0n) is 17.6. The van der Waals surface area contributed by atoms with Crippen molar-refractivity contribution < 1.29 is 38.7 Å². The molecular formula is C17H29N7O8. The molecule has 0 fully saturated rings. The van der Waals surface area contributed by atoms with Gasteiger partial charge in [-0.3, -0.25) is 28.8 Å². The van der Waals surface area contributed by atoms with Crippen LogP contribution in [0.15, 0.2) is 0 Å². The van der Waals surface area contributed by atoms with Crippen molar-refractivity contribution in [3.05, 3.63) is 0 Å². The number of carboxylic acid groups (broad SMARTS) is 1. The van der Waals surface area contributed by atoms with Crippen molar-refractivity contribution in [2.45, 2.75) is 57.3 Å². The van der Waals surface area contributed by atoms with Crippen LogP contribution in [0.3, 0.4) is 0 Å². The van der Waals surface area contributed by atoms with Crippen molar-refractivity contribution in [3.63, 3.8) is 0 Å². The van der Waals surface area contributed by atoms with Gasteiger partial charge in [-0.1, -0.05) is 13.8 Å². The molecule has 12 N–H and O–H groups in total. The van der Waals surface area contributed by atoms with E-state index in [1.807, 2.05) is 0 Å². The number of amides is 6. The van der Waals surface area contributed by atoms with Crippen molar-refractivity contribution in [1.29, 1.82) is 0 Å². The summed E-state index contributed by atoms with van der Waals surface area (Å²) in [6.07, 6.45) is -1.97. The Labute approximate surface area is 183 Å². The molecule has 4 atom stereocenters. The summed E-state index contributed by atoms with van der Waals surface area (Å²) in [7, 11) is 0. The number of carbonyl (C=O) groups is 7. The highest BCUT2D eigenvalue weighted by atomic mass is 16.4. The second kappa shape index (κ2) is 12.8. The van der Waals surface area contributed by atoms with E-state index in [9.17, 15) is 38.7 Å². The van der Waals surface area contributed by atoms with Crippen molar-refractivity contribution in [2.75, 3.05) is 0 Å². The Morgan fingerprint density at radius 1 is 0.688 bits per heavy atom. The second-order valence-electron chi connectivity index (χ2n) is 7.31. The molecule has 0 saturated heterocycles. The highest BCUT2D eigenvalue weighted by Gasteiger charge is 2.32. The van der Waals surface area contributed by atoms with Crippen molar-refractivity contribution in [2.24, 2.45) is 28.9 Å². The van der Waals surface area contributed by atoms with Crippen LogP contribution in [0, 0.1) is 5.92 Å². The van der Waals surface area contributed by atoms with Crippen molar-refractivity contribution in [3.8, 4) is 0 Å². The van der Waals surface area contributed by atoms with E-state index in [0.717, 1.165) is 0 Å². The summed E-state index contributed by atoms with van der Waals surface area (Å²) in [4.78, 5) is 82.0. The lowest BCUT2D eigenvalue weighted by Crippen LogP contribution is -2.59. The third-order valence-electron chi connectivity index (χ3n) is 4.06. The molecule has 6 amide bonds. The number of hydrogen-bond donors (Lipinski definition) is 8. The largest absolute Gasteiger partial charge is 0.480 e. The lowest BCUT2D eigenvalue weighted by molar-refractivity contribution is -0.143. The normalized spacial score (nSPS) is 14.4. The van der Waals surface area contributed by atoms with Crippen LogP contribution in [0.2, 0.25) is 0 Å². The second-order valence-corrected chi connectivity index (χ2v) is 7.31. The third kappa shape index (κ3) is 10.3. The van der Waals surface area contributed by atoms with Crippen LogP contribution in [0.4, 0.5) is 0 Å². The number of nitrogens with one attached hydrogen (secondary N) is 3. The molecule has 0 spiro atoms. The standard InChI is InChI=1S/C17H29N7O8/c1-6(2)13(17(31)32)24-16(30)9(5-12(21)27)23-15(29)8(4-11(20)26)22-14(28)7(18)3-10(19)25/h6-9,13H,3-5,18H2,1-2H3,(H2,19,25)(H2,20,26)(H2,21,27)(H,22,28)(H,23,29)(H,24,30)(H,31,32). The van der Waals surface area contributed by atoms with Crippen LogP contribution in [0.25, 0.3) is 0 Å². The van der Waals surface area contributed by atoms with E-state index >= 15 is 0 Å². The van der Waals surface area contributed by atoms with Crippen LogP contribution in [-0.2, 0) is 33.6 Å². The molecule has 0 aliphatic heterocycles. The number of carbonyl (C=O) groups excluding carboxylic acids is 6. The average molecular weight is 459 g/mol. The molecule has 4 unspecified atom stereocenters. The van der Waals surface area contributed by atoms with Gasteiger partial charge in [0.05, 0.1) is 25.3 Å². The Bertz CT molecular complexity index is 770. The van der Waals surface area contributed by atoms with Gasteiger partial charge in [-0.25, -0.2) is 4.79 Å². The molecule has 0 heterocycles. The summed E-state index contributed by atoms with van der Waals surface area (Å²) in [6.45, 7) is 3.04. The Morgan fingerprint density at radius 2 is 1.06 bits per heavy atom. The van der Waals surface area contributed by atoms with Crippen molar-refractivity contribution in [1.82, 2.24) is 16.0 Å². The first-order valence-electron chi connectivity index (χ1n) is 9.40. The number of rotatable bonds is 14. The zero-order valence-corrected chi connectivity index (χ0v) is 17.6. The number of hydrogen-bond acceptors (Lipinski definition) is 8. The molecule has 0 bridgehead atoms. The minimum absolute atomic E-state index is 0.532. The van der Waals surface area contributed by atoms with E-state index in [1.54, 1.807) is 0 Å². The Kier molecular flexibility index (Phi) is 11.3. The van der Waals surface area contributed by atoms with E-state index in [0.29, 0.717) is 0 Å². The number of carboxylic acids is 1. The first-order valence-corrected chi connectivity index (χ1v) is 9.40. The Balaban J connectivity index is 5.56. The van der Waals surface area contributed by atoms with E-state index < -0.39 is 90.8 Å². The maximum absolute atomic E-state index is 12.6. The molecule has 0 aliphatic carbocycles. The van der Waals surface area contributed by atoms with Crippen LogP contribution in [0.5, 0.6) is 0 Å². The van der Waals surface area contributed by atoms with Gasteiger partial charge in [0.15, 0.2) is 0 Å². The molecule has 15 heteroatoms. The number of nitrogens with two attached hydrogens (primary N) is 4. The fourth-order valence-corrected chi connectivity index (χ4v) is 2.45. The monoisotopic (exact) mass is 459 g/mol. The van der Waals surface area contributed by atoms with Gasteiger partial charge >= 0.3 is 5.97 Å². The molecular weight excluding hydrogens is 430 g/mol. The molecule has 0 aromatic heterocycles. The smallest absolute Gasteiger partial charge is 0.326 e. The summed E-state index contributed by atoms with van der Waals surface area (Å²) >= 11 is 0. The summed E-state index contributed by atoms with van der Waals surface area (Å²) in [6, 6.07) is -6.00. The molecule has 0 radical (unpaired) electrons. The van der Waals surface area contributed by atoms with Gasteiger partial charge < -0.3 is 44.0 Å². The van der Waals surface area contributed by atoms with Gasteiger partial charge in [-0.2, -0.15) is 0 Å². The van der Waals surface area contributed by atoms with Crippen LogP contribution in [-0.4, -0.2) is 70.7 Å². The molecule has 0 rings (SSSR count). The lowest BCUT2D eigenvalue weighted by atomic mass is 10.0. The summed E-state index contributed by atoms with van der Waals surface area (Å²) in [5.41, 5.74) is 20.6. The fraction of sp³-hybridized carbons (Fsp3) is 0.588. The van der Waals surface area contributed by atoms with Gasteiger partial charge in [0.2, 0.25) is 35.4 Å². The molecule has 0 aromatic rings. The van der Waals surface area contributed by atoms with Gasteiger partial charge in [0.25, 0.3) is 0 Å². The highest BCUT2D eigenvalue weighted by Crippen LogP contribution is 2.04. The Hall–Kier alpha value is -3.75. The van der Waals surface area contributed by atoms with Gasteiger partial charge in [-0.05, 0) is 5.92 Å². The molecule has 15 nitrogen and oxygen atoms in total. The number of primary amides is 3. The maximum atomic E-state index is 12.6. The zero-order chi connectivity index (χ0) is 25.2. The van der Waals surface area contributed by atoms with Crippen LogP contribution >= 0.6 is 0 Å². The van der Waals surface area contributed by atoms with Gasteiger partial charge in [-0.15, -0.1) is 0 Å². The predicted octanol–water partition coefficient (Wildman–Crippen LogP) is -4.87. The predicted molar refractivity (Wildman–Crippen MR) is 108 cm³/mol. The first-order chi connectivity index (χ1) is 14.6.